The Kier molecular flexibility index (Phi) is 2.86. The zero-order valence-corrected chi connectivity index (χ0v) is 11.9. The number of aromatic amines is 1. The van der Waals surface area contributed by atoms with Crippen molar-refractivity contribution in [3.05, 3.63) is 40.5 Å². The quantitative estimate of drug-likeness (QED) is 0.787. The van der Waals surface area contributed by atoms with E-state index in [1.807, 2.05) is 24.4 Å². The maximum absolute atomic E-state index is 11.1. The van der Waals surface area contributed by atoms with Crippen molar-refractivity contribution < 1.29 is 4.52 Å². The molecule has 0 amide bonds. The number of nitriles is 1. The van der Waals surface area contributed by atoms with Crippen LogP contribution in [0.5, 0.6) is 0 Å². The van der Waals surface area contributed by atoms with Crippen molar-refractivity contribution in [1.82, 2.24) is 14.7 Å². The smallest absolute Gasteiger partial charge is 0.343 e. The standard InChI is InChI=1S/C16H14N4O2/c17-8-11-9-20(12-3-1-2-4-12)14-7-10(5-6-13(11)14)15-18-16(21)22-19-15/h5-7,9,12H,1-4H2,(H,18,19,21). The summed E-state index contributed by atoms with van der Waals surface area (Å²) in [7, 11) is 0. The second kappa shape index (κ2) is 4.88. The lowest BCUT2D eigenvalue weighted by Crippen LogP contribution is -2.02. The summed E-state index contributed by atoms with van der Waals surface area (Å²) in [4.78, 5) is 13.7. The molecule has 0 spiro atoms. The third-order valence-corrected chi connectivity index (χ3v) is 4.39. The van der Waals surface area contributed by atoms with Gasteiger partial charge in [0.05, 0.1) is 11.1 Å². The summed E-state index contributed by atoms with van der Waals surface area (Å²) in [6, 6.07) is 8.41. The van der Waals surface area contributed by atoms with Crippen LogP contribution in [0.1, 0.15) is 37.3 Å². The maximum atomic E-state index is 11.1. The largest absolute Gasteiger partial charge is 0.439 e. The number of nitrogens with one attached hydrogen (secondary N) is 1. The van der Waals surface area contributed by atoms with Crippen LogP contribution in [0, 0.1) is 11.3 Å². The lowest BCUT2D eigenvalue weighted by atomic mass is 10.1. The van der Waals surface area contributed by atoms with E-state index in [0.29, 0.717) is 17.4 Å². The van der Waals surface area contributed by atoms with Crippen molar-refractivity contribution in [2.24, 2.45) is 0 Å². The van der Waals surface area contributed by atoms with E-state index in [1.54, 1.807) is 0 Å². The first-order chi connectivity index (χ1) is 10.8. The molecule has 6 nitrogen and oxygen atoms in total. The van der Waals surface area contributed by atoms with Gasteiger partial charge in [0.25, 0.3) is 0 Å². The van der Waals surface area contributed by atoms with E-state index in [-0.39, 0.29) is 0 Å². The fourth-order valence-corrected chi connectivity index (χ4v) is 3.33. The fourth-order valence-electron chi connectivity index (χ4n) is 3.33. The van der Waals surface area contributed by atoms with Gasteiger partial charge in [-0.1, -0.05) is 30.1 Å². The molecule has 1 N–H and O–H groups in total. The van der Waals surface area contributed by atoms with Gasteiger partial charge in [-0.3, -0.25) is 9.51 Å². The average molecular weight is 294 g/mol. The fraction of sp³-hybridized carbons (Fsp3) is 0.312. The molecule has 1 saturated carbocycles. The molecule has 6 heteroatoms. The van der Waals surface area contributed by atoms with Gasteiger partial charge in [-0.05, 0) is 18.9 Å². The summed E-state index contributed by atoms with van der Waals surface area (Å²) in [5.74, 6) is -0.163. The Morgan fingerprint density at radius 3 is 2.86 bits per heavy atom. The van der Waals surface area contributed by atoms with Gasteiger partial charge < -0.3 is 4.57 Å². The highest BCUT2D eigenvalue weighted by atomic mass is 16.5. The molecule has 0 saturated heterocycles. The van der Waals surface area contributed by atoms with Gasteiger partial charge in [0.2, 0.25) is 0 Å². The Morgan fingerprint density at radius 2 is 2.18 bits per heavy atom. The third kappa shape index (κ3) is 1.94. The SMILES string of the molecule is N#Cc1cn(C2CCCC2)c2cc(-c3noc(=O)[nH]3)ccc12. The van der Waals surface area contributed by atoms with Crippen molar-refractivity contribution in [2.75, 3.05) is 0 Å². The molecule has 2 heterocycles. The molecule has 1 aliphatic rings. The van der Waals surface area contributed by atoms with Crippen molar-refractivity contribution in [3.63, 3.8) is 0 Å². The van der Waals surface area contributed by atoms with E-state index >= 15 is 0 Å². The molecule has 0 radical (unpaired) electrons. The minimum atomic E-state index is -0.570. The Labute approximate surface area is 126 Å². The molecular formula is C16H14N4O2. The number of hydrogen-bond donors (Lipinski definition) is 1. The highest BCUT2D eigenvalue weighted by Gasteiger charge is 2.20. The summed E-state index contributed by atoms with van der Waals surface area (Å²) in [6.45, 7) is 0. The number of rotatable bonds is 2. The van der Waals surface area contributed by atoms with Crippen LogP contribution in [0.15, 0.2) is 33.7 Å². The van der Waals surface area contributed by atoms with E-state index in [0.717, 1.165) is 29.3 Å². The molecule has 4 rings (SSSR count). The first-order valence-electron chi connectivity index (χ1n) is 7.37. The topological polar surface area (TPSA) is 87.6 Å². The zero-order chi connectivity index (χ0) is 15.1. The number of aromatic nitrogens is 3. The first-order valence-corrected chi connectivity index (χ1v) is 7.37. The molecule has 0 atom stereocenters. The van der Waals surface area contributed by atoms with E-state index in [2.05, 4.69) is 25.3 Å². The predicted molar refractivity (Wildman–Crippen MR) is 80.3 cm³/mol. The molecule has 110 valence electrons. The van der Waals surface area contributed by atoms with E-state index in [1.165, 1.54) is 12.8 Å². The van der Waals surface area contributed by atoms with Crippen molar-refractivity contribution in [2.45, 2.75) is 31.7 Å². The molecular weight excluding hydrogens is 280 g/mol. The number of nitrogens with zero attached hydrogens (tertiary/aromatic N) is 3. The lowest BCUT2D eigenvalue weighted by Gasteiger charge is -2.13. The van der Waals surface area contributed by atoms with Gasteiger partial charge in [0, 0.05) is 23.2 Å². The van der Waals surface area contributed by atoms with Crippen LogP contribution in [0.3, 0.4) is 0 Å². The number of H-pyrrole nitrogens is 1. The average Bonchev–Trinajstić information content (AvgIpc) is 3.25. The monoisotopic (exact) mass is 294 g/mol. The van der Waals surface area contributed by atoms with Crippen molar-refractivity contribution >= 4 is 10.9 Å². The highest BCUT2D eigenvalue weighted by molar-refractivity contribution is 5.89. The van der Waals surface area contributed by atoms with Crippen molar-refractivity contribution in [3.8, 4) is 17.5 Å². The predicted octanol–water partition coefficient (Wildman–Crippen LogP) is 2.97. The Hall–Kier alpha value is -2.81. The van der Waals surface area contributed by atoms with Gasteiger partial charge >= 0.3 is 5.76 Å². The van der Waals surface area contributed by atoms with Crippen LogP contribution < -0.4 is 5.76 Å². The van der Waals surface area contributed by atoms with E-state index < -0.39 is 5.76 Å². The molecule has 0 aliphatic heterocycles. The summed E-state index contributed by atoms with van der Waals surface area (Å²) in [6.07, 6.45) is 6.67. The Balaban J connectivity index is 1.92. The summed E-state index contributed by atoms with van der Waals surface area (Å²) >= 11 is 0. The number of fused-ring (bicyclic) bond motifs is 1. The van der Waals surface area contributed by atoms with Crippen LogP contribution in [-0.2, 0) is 0 Å². The normalized spacial score (nSPS) is 15.4. The minimum Gasteiger partial charge on any atom is -0.343 e. The highest BCUT2D eigenvalue weighted by Crippen LogP contribution is 2.35. The van der Waals surface area contributed by atoms with E-state index in [9.17, 15) is 10.1 Å². The first kappa shape index (κ1) is 12.9. The molecule has 22 heavy (non-hydrogen) atoms. The minimum absolute atomic E-state index is 0.407. The van der Waals surface area contributed by atoms with Gasteiger partial charge in [-0.15, -0.1) is 0 Å². The zero-order valence-electron chi connectivity index (χ0n) is 11.9. The molecule has 1 aliphatic carbocycles. The lowest BCUT2D eigenvalue weighted by molar-refractivity contribution is 0.388. The van der Waals surface area contributed by atoms with Crippen molar-refractivity contribution in [1.29, 1.82) is 5.26 Å². The number of benzene rings is 1. The van der Waals surface area contributed by atoms with Crippen LogP contribution >= 0.6 is 0 Å². The molecule has 0 bridgehead atoms. The van der Waals surface area contributed by atoms with Gasteiger partial charge in [0.15, 0.2) is 5.82 Å². The van der Waals surface area contributed by atoms with Gasteiger partial charge in [-0.2, -0.15) is 5.26 Å². The van der Waals surface area contributed by atoms with Crippen LogP contribution in [0.2, 0.25) is 0 Å². The number of hydrogen-bond acceptors (Lipinski definition) is 4. The Morgan fingerprint density at radius 1 is 1.36 bits per heavy atom. The molecule has 1 fully saturated rings. The summed E-state index contributed by atoms with van der Waals surface area (Å²) in [5.41, 5.74) is 2.46. The van der Waals surface area contributed by atoms with Gasteiger partial charge in [0.1, 0.15) is 6.07 Å². The summed E-state index contributed by atoms with van der Waals surface area (Å²) in [5, 5.41) is 14.0. The van der Waals surface area contributed by atoms with Crippen LogP contribution in [0.4, 0.5) is 0 Å². The third-order valence-electron chi connectivity index (χ3n) is 4.39. The van der Waals surface area contributed by atoms with Crippen LogP contribution in [0.25, 0.3) is 22.3 Å². The molecule has 2 aromatic heterocycles. The molecule has 3 aromatic rings. The Bertz CT molecular complexity index is 935. The molecule has 0 unspecified atom stereocenters. The second-order valence-corrected chi connectivity index (χ2v) is 5.68. The second-order valence-electron chi connectivity index (χ2n) is 5.68. The van der Waals surface area contributed by atoms with Gasteiger partial charge in [-0.25, -0.2) is 4.79 Å². The van der Waals surface area contributed by atoms with E-state index in [4.69, 9.17) is 0 Å². The summed E-state index contributed by atoms with van der Waals surface area (Å²) < 4.78 is 6.76. The van der Waals surface area contributed by atoms with Crippen LogP contribution in [-0.4, -0.2) is 14.7 Å². The molecule has 1 aromatic carbocycles. The maximum Gasteiger partial charge on any atom is 0.439 e.